The lowest BCUT2D eigenvalue weighted by molar-refractivity contribution is -0.117. The topological polar surface area (TPSA) is 74.1 Å². The SMILES string of the molecule is N#C/C(=C/NCC1CCCO1)C(=O)NCCCl. The number of nitriles is 1. The molecule has 2 N–H and O–H groups in total. The molecule has 5 nitrogen and oxygen atoms in total. The summed E-state index contributed by atoms with van der Waals surface area (Å²) in [6.07, 6.45) is 3.68. The molecule has 1 fully saturated rings. The number of hydrogen-bond acceptors (Lipinski definition) is 4. The maximum Gasteiger partial charge on any atom is 0.263 e. The van der Waals surface area contributed by atoms with Gasteiger partial charge in [-0.3, -0.25) is 4.79 Å². The lowest BCUT2D eigenvalue weighted by Crippen LogP contribution is -2.28. The minimum absolute atomic E-state index is 0.0492. The summed E-state index contributed by atoms with van der Waals surface area (Å²) >= 11 is 5.43. The molecule has 0 radical (unpaired) electrons. The van der Waals surface area contributed by atoms with Crippen LogP contribution in [0.1, 0.15) is 12.8 Å². The summed E-state index contributed by atoms with van der Waals surface area (Å²) in [5.74, 6) is -0.0821. The third-order valence-electron chi connectivity index (χ3n) is 2.36. The second-order valence-electron chi connectivity index (χ2n) is 3.66. The highest BCUT2D eigenvalue weighted by Crippen LogP contribution is 2.10. The van der Waals surface area contributed by atoms with E-state index in [9.17, 15) is 4.79 Å². The zero-order valence-electron chi connectivity index (χ0n) is 9.54. The van der Waals surface area contributed by atoms with E-state index in [0.29, 0.717) is 19.0 Å². The molecule has 0 bridgehead atoms. The van der Waals surface area contributed by atoms with Crippen molar-refractivity contribution in [3.63, 3.8) is 0 Å². The Morgan fingerprint density at radius 1 is 1.65 bits per heavy atom. The zero-order valence-corrected chi connectivity index (χ0v) is 10.3. The Hall–Kier alpha value is -1.25. The average Bonchev–Trinajstić information content (AvgIpc) is 2.84. The number of carbonyl (C=O) groups excluding carboxylic acids is 1. The van der Waals surface area contributed by atoms with E-state index in [1.165, 1.54) is 6.20 Å². The highest BCUT2D eigenvalue weighted by Gasteiger charge is 2.14. The Bertz CT molecular complexity index is 319. The van der Waals surface area contributed by atoms with Crippen molar-refractivity contribution in [1.82, 2.24) is 10.6 Å². The van der Waals surface area contributed by atoms with E-state index < -0.39 is 5.91 Å². The Balaban J connectivity index is 2.32. The summed E-state index contributed by atoms with van der Waals surface area (Å²) in [6, 6.07) is 1.84. The fourth-order valence-corrected chi connectivity index (χ4v) is 1.60. The van der Waals surface area contributed by atoms with Crippen LogP contribution in [0, 0.1) is 11.3 Å². The van der Waals surface area contributed by atoms with Gasteiger partial charge >= 0.3 is 0 Å². The van der Waals surface area contributed by atoms with Crippen LogP contribution in [-0.2, 0) is 9.53 Å². The molecule has 0 spiro atoms. The van der Waals surface area contributed by atoms with Crippen LogP contribution in [0.5, 0.6) is 0 Å². The Kier molecular flexibility index (Phi) is 6.45. The molecular weight excluding hydrogens is 242 g/mol. The molecule has 1 heterocycles. The van der Waals surface area contributed by atoms with Gasteiger partial charge in [0.25, 0.3) is 5.91 Å². The highest BCUT2D eigenvalue weighted by molar-refractivity contribution is 6.18. The fraction of sp³-hybridized carbons (Fsp3) is 0.636. The van der Waals surface area contributed by atoms with Crippen molar-refractivity contribution in [1.29, 1.82) is 5.26 Å². The van der Waals surface area contributed by atoms with Gasteiger partial charge in [-0.1, -0.05) is 0 Å². The molecule has 17 heavy (non-hydrogen) atoms. The summed E-state index contributed by atoms with van der Waals surface area (Å²) in [4.78, 5) is 11.4. The summed E-state index contributed by atoms with van der Waals surface area (Å²) in [5, 5.41) is 14.3. The molecule has 0 aromatic carbocycles. The van der Waals surface area contributed by atoms with E-state index >= 15 is 0 Å². The van der Waals surface area contributed by atoms with Gasteiger partial charge in [0.05, 0.1) is 6.10 Å². The number of alkyl halides is 1. The molecule has 1 saturated heterocycles. The molecule has 1 aliphatic heterocycles. The lowest BCUT2D eigenvalue weighted by Gasteiger charge is -2.09. The van der Waals surface area contributed by atoms with E-state index in [4.69, 9.17) is 21.6 Å². The number of carbonyl (C=O) groups is 1. The first-order valence-electron chi connectivity index (χ1n) is 5.57. The monoisotopic (exact) mass is 257 g/mol. The molecule has 1 atom stereocenters. The fourth-order valence-electron chi connectivity index (χ4n) is 1.50. The van der Waals surface area contributed by atoms with Gasteiger partial charge in [-0.15, -0.1) is 11.6 Å². The number of rotatable bonds is 6. The number of halogens is 1. The van der Waals surface area contributed by atoms with E-state index in [1.54, 1.807) is 0 Å². The number of ether oxygens (including phenoxy) is 1. The normalized spacial score (nSPS) is 19.8. The van der Waals surface area contributed by atoms with E-state index in [0.717, 1.165) is 19.4 Å². The first kappa shape index (κ1) is 13.8. The zero-order chi connectivity index (χ0) is 12.5. The summed E-state index contributed by atoms with van der Waals surface area (Å²) in [7, 11) is 0. The number of amides is 1. The van der Waals surface area contributed by atoms with Gasteiger partial charge in [-0.25, -0.2) is 0 Å². The van der Waals surface area contributed by atoms with Crippen molar-refractivity contribution in [2.75, 3.05) is 25.6 Å². The first-order valence-corrected chi connectivity index (χ1v) is 6.10. The number of nitrogens with one attached hydrogen (secondary N) is 2. The van der Waals surface area contributed by atoms with Crippen LogP contribution in [0.25, 0.3) is 0 Å². The number of nitrogens with zero attached hydrogens (tertiary/aromatic N) is 1. The van der Waals surface area contributed by atoms with Crippen LogP contribution in [0.15, 0.2) is 11.8 Å². The second kappa shape index (κ2) is 7.93. The minimum atomic E-state index is -0.409. The van der Waals surface area contributed by atoms with Crippen LogP contribution in [0.3, 0.4) is 0 Å². The molecular formula is C11H16ClN3O2. The maximum atomic E-state index is 11.4. The smallest absolute Gasteiger partial charge is 0.263 e. The van der Waals surface area contributed by atoms with Gasteiger partial charge < -0.3 is 15.4 Å². The maximum absolute atomic E-state index is 11.4. The molecule has 0 aliphatic carbocycles. The molecule has 1 amide bonds. The van der Waals surface area contributed by atoms with Crippen LogP contribution in [0.2, 0.25) is 0 Å². The standard InChI is InChI=1S/C11H16ClN3O2/c12-3-4-15-11(16)9(6-13)7-14-8-10-2-1-5-17-10/h7,10,14H,1-5,8H2,(H,15,16)/b9-7-. The van der Waals surface area contributed by atoms with Gasteiger partial charge in [0.1, 0.15) is 11.6 Å². The predicted octanol–water partition coefficient (Wildman–Crippen LogP) is 0.517. The van der Waals surface area contributed by atoms with Crippen LogP contribution < -0.4 is 10.6 Å². The van der Waals surface area contributed by atoms with Crippen molar-refractivity contribution in [2.24, 2.45) is 0 Å². The molecule has 0 aromatic heterocycles. The molecule has 1 aliphatic rings. The molecule has 1 unspecified atom stereocenters. The Labute approximate surface area is 106 Å². The van der Waals surface area contributed by atoms with Crippen molar-refractivity contribution in [2.45, 2.75) is 18.9 Å². The van der Waals surface area contributed by atoms with Crippen LogP contribution in [0.4, 0.5) is 0 Å². The van der Waals surface area contributed by atoms with E-state index in [-0.39, 0.29) is 11.7 Å². The van der Waals surface area contributed by atoms with E-state index in [1.807, 2.05) is 6.07 Å². The first-order chi connectivity index (χ1) is 8.27. The van der Waals surface area contributed by atoms with Gasteiger partial charge in [0, 0.05) is 31.8 Å². The molecule has 0 saturated carbocycles. The Morgan fingerprint density at radius 3 is 3.06 bits per heavy atom. The van der Waals surface area contributed by atoms with Gasteiger partial charge in [-0.2, -0.15) is 5.26 Å². The molecule has 1 rings (SSSR count). The summed E-state index contributed by atoms with van der Waals surface area (Å²) < 4.78 is 5.40. The third kappa shape index (κ3) is 5.07. The number of hydrogen-bond donors (Lipinski definition) is 2. The van der Waals surface area contributed by atoms with Crippen molar-refractivity contribution in [3.8, 4) is 6.07 Å². The van der Waals surface area contributed by atoms with Crippen molar-refractivity contribution >= 4 is 17.5 Å². The van der Waals surface area contributed by atoms with E-state index in [2.05, 4.69) is 10.6 Å². The molecule has 0 aromatic rings. The summed E-state index contributed by atoms with van der Waals surface area (Å²) in [5.41, 5.74) is 0.0492. The van der Waals surface area contributed by atoms with Crippen molar-refractivity contribution < 1.29 is 9.53 Å². The second-order valence-corrected chi connectivity index (χ2v) is 4.04. The van der Waals surface area contributed by atoms with Crippen LogP contribution in [-0.4, -0.2) is 37.6 Å². The Morgan fingerprint density at radius 2 is 2.47 bits per heavy atom. The molecule has 94 valence electrons. The lowest BCUT2D eigenvalue weighted by atomic mass is 10.2. The minimum Gasteiger partial charge on any atom is -0.387 e. The predicted molar refractivity (Wildman–Crippen MR) is 64.4 cm³/mol. The van der Waals surface area contributed by atoms with Gasteiger partial charge in [-0.05, 0) is 12.8 Å². The summed E-state index contributed by atoms with van der Waals surface area (Å²) in [6.45, 7) is 1.76. The quantitative estimate of drug-likeness (QED) is 0.413. The largest absolute Gasteiger partial charge is 0.387 e. The van der Waals surface area contributed by atoms with Crippen molar-refractivity contribution in [3.05, 3.63) is 11.8 Å². The van der Waals surface area contributed by atoms with Gasteiger partial charge in [0.2, 0.25) is 0 Å². The van der Waals surface area contributed by atoms with Gasteiger partial charge in [0.15, 0.2) is 0 Å². The highest BCUT2D eigenvalue weighted by atomic mass is 35.5. The average molecular weight is 258 g/mol. The third-order valence-corrected chi connectivity index (χ3v) is 2.55. The molecule has 6 heteroatoms. The van der Waals surface area contributed by atoms with Crippen LogP contribution >= 0.6 is 11.6 Å².